The molecule has 1 rings (SSSR count). The zero-order valence-corrected chi connectivity index (χ0v) is 14.4. The van der Waals surface area contributed by atoms with Crippen molar-refractivity contribution >= 4 is 26.0 Å². The molecule has 0 fully saturated rings. The van der Waals surface area contributed by atoms with Crippen molar-refractivity contribution in [2.24, 2.45) is 0 Å². The zero-order valence-electron chi connectivity index (χ0n) is 12.0. The van der Waals surface area contributed by atoms with Crippen LogP contribution in [-0.2, 0) is 21.3 Å². The maximum absolute atomic E-state index is 12.4. The van der Waals surface area contributed by atoms with Gasteiger partial charge in [0, 0.05) is 31.2 Å². The van der Waals surface area contributed by atoms with Crippen LogP contribution in [-0.4, -0.2) is 46.6 Å². The predicted octanol–water partition coefficient (Wildman–Crippen LogP) is 1.83. The maximum atomic E-state index is 12.4. The van der Waals surface area contributed by atoms with Gasteiger partial charge in [0.15, 0.2) is 0 Å². The summed E-state index contributed by atoms with van der Waals surface area (Å²) in [5.74, 6) is 0. The Bertz CT molecular complexity index is 534. The van der Waals surface area contributed by atoms with Crippen LogP contribution in [0.5, 0.6) is 0 Å². The quantitative estimate of drug-likeness (QED) is 0.714. The van der Waals surface area contributed by atoms with Gasteiger partial charge < -0.3 is 10.1 Å². The standard InChI is InChI=1S/C13H21BrN2O3S/c1-4-19-8-7-16(3)20(17,18)13-6-5-11(10-15-2)9-12(13)14/h5-6,9,15H,4,7-8,10H2,1-3H3. The third-order valence-electron chi connectivity index (χ3n) is 2.82. The van der Waals surface area contributed by atoms with Crippen LogP contribution in [0.3, 0.4) is 0 Å². The van der Waals surface area contributed by atoms with E-state index in [-0.39, 0.29) is 4.90 Å². The van der Waals surface area contributed by atoms with Gasteiger partial charge in [-0.1, -0.05) is 6.07 Å². The van der Waals surface area contributed by atoms with Gasteiger partial charge in [-0.3, -0.25) is 0 Å². The lowest BCUT2D eigenvalue weighted by Crippen LogP contribution is -2.30. The van der Waals surface area contributed by atoms with E-state index in [9.17, 15) is 8.42 Å². The average molecular weight is 365 g/mol. The van der Waals surface area contributed by atoms with E-state index < -0.39 is 10.0 Å². The molecule has 1 aromatic rings. The van der Waals surface area contributed by atoms with E-state index in [1.165, 1.54) is 4.31 Å². The molecule has 0 atom stereocenters. The number of hydrogen-bond acceptors (Lipinski definition) is 4. The molecule has 0 aliphatic rings. The lowest BCUT2D eigenvalue weighted by atomic mass is 10.2. The Morgan fingerprint density at radius 2 is 2.10 bits per heavy atom. The molecule has 0 amide bonds. The Balaban J connectivity index is 2.91. The molecule has 0 aliphatic carbocycles. The van der Waals surface area contributed by atoms with Crippen LogP contribution >= 0.6 is 15.9 Å². The second-order valence-electron chi connectivity index (χ2n) is 4.32. The molecule has 0 bridgehead atoms. The fourth-order valence-corrected chi connectivity index (χ4v) is 3.93. The van der Waals surface area contributed by atoms with Crippen molar-refractivity contribution in [1.29, 1.82) is 0 Å². The molecule has 1 N–H and O–H groups in total. The van der Waals surface area contributed by atoms with Crippen molar-refractivity contribution < 1.29 is 13.2 Å². The summed E-state index contributed by atoms with van der Waals surface area (Å²) in [5, 5.41) is 3.03. The van der Waals surface area contributed by atoms with Gasteiger partial charge in [-0.2, -0.15) is 4.31 Å². The summed E-state index contributed by atoms with van der Waals surface area (Å²) >= 11 is 3.34. The Morgan fingerprint density at radius 3 is 2.65 bits per heavy atom. The zero-order chi connectivity index (χ0) is 15.2. The molecule has 0 aliphatic heterocycles. The first-order valence-electron chi connectivity index (χ1n) is 6.40. The first kappa shape index (κ1) is 17.6. The Kier molecular flexibility index (Phi) is 7.11. The minimum absolute atomic E-state index is 0.274. The lowest BCUT2D eigenvalue weighted by Gasteiger charge is -2.18. The first-order valence-corrected chi connectivity index (χ1v) is 8.64. The predicted molar refractivity (Wildman–Crippen MR) is 83.2 cm³/mol. The number of rotatable bonds is 8. The van der Waals surface area contributed by atoms with Gasteiger partial charge in [0.25, 0.3) is 0 Å². The Morgan fingerprint density at radius 1 is 1.40 bits per heavy atom. The smallest absolute Gasteiger partial charge is 0.244 e. The highest BCUT2D eigenvalue weighted by Crippen LogP contribution is 2.25. The van der Waals surface area contributed by atoms with Crippen molar-refractivity contribution in [2.75, 3.05) is 33.9 Å². The maximum Gasteiger partial charge on any atom is 0.244 e. The van der Waals surface area contributed by atoms with Gasteiger partial charge >= 0.3 is 0 Å². The molecule has 0 spiro atoms. The molecule has 0 heterocycles. The van der Waals surface area contributed by atoms with Crippen LogP contribution in [0.15, 0.2) is 27.6 Å². The third-order valence-corrected chi connectivity index (χ3v) is 5.65. The minimum atomic E-state index is -3.50. The molecule has 0 saturated heterocycles. The number of nitrogens with one attached hydrogen (secondary N) is 1. The average Bonchev–Trinajstić information content (AvgIpc) is 2.39. The number of benzene rings is 1. The largest absolute Gasteiger partial charge is 0.380 e. The highest BCUT2D eigenvalue weighted by Gasteiger charge is 2.23. The Hall–Kier alpha value is -0.470. The van der Waals surface area contributed by atoms with Crippen LogP contribution in [0.4, 0.5) is 0 Å². The molecule has 1 aromatic carbocycles. The van der Waals surface area contributed by atoms with E-state index in [0.29, 0.717) is 30.8 Å². The molecular formula is C13H21BrN2O3S. The highest BCUT2D eigenvalue weighted by atomic mass is 79.9. The van der Waals surface area contributed by atoms with Gasteiger partial charge in [0.05, 0.1) is 11.5 Å². The summed E-state index contributed by atoms with van der Waals surface area (Å²) in [6.45, 7) is 3.88. The molecule has 5 nitrogen and oxygen atoms in total. The normalized spacial score (nSPS) is 12.1. The fourth-order valence-electron chi connectivity index (χ4n) is 1.69. The number of hydrogen-bond donors (Lipinski definition) is 1. The number of sulfonamides is 1. The molecule has 0 aromatic heterocycles. The van der Waals surface area contributed by atoms with Crippen LogP contribution in [0, 0.1) is 0 Å². The summed E-state index contributed by atoms with van der Waals surface area (Å²) < 4.78 is 32.0. The molecule has 20 heavy (non-hydrogen) atoms. The van der Waals surface area contributed by atoms with Crippen molar-refractivity contribution in [2.45, 2.75) is 18.4 Å². The van der Waals surface area contributed by atoms with E-state index >= 15 is 0 Å². The van der Waals surface area contributed by atoms with E-state index in [0.717, 1.165) is 5.56 Å². The van der Waals surface area contributed by atoms with E-state index in [1.807, 2.05) is 26.1 Å². The van der Waals surface area contributed by atoms with E-state index in [1.54, 1.807) is 13.1 Å². The summed E-state index contributed by atoms with van der Waals surface area (Å²) in [6, 6.07) is 5.26. The van der Waals surface area contributed by atoms with Gasteiger partial charge in [0.2, 0.25) is 10.0 Å². The minimum Gasteiger partial charge on any atom is -0.380 e. The van der Waals surface area contributed by atoms with Crippen molar-refractivity contribution in [3.8, 4) is 0 Å². The summed E-state index contributed by atoms with van der Waals surface area (Å²) in [6.07, 6.45) is 0. The summed E-state index contributed by atoms with van der Waals surface area (Å²) in [5.41, 5.74) is 1.02. The van der Waals surface area contributed by atoms with E-state index in [4.69, 9.17) is 4.74 Å². The molecule has 0 saturated carbocycles. The number of ether oxygens (including phenoxy) is 1. The van der Waals surface area contributed by atoms with Crippen LogP contribution < -0.4 is 5.32 Å². The molecule has 114 valence electrons. The lowest BCUT2D eigenvalue weighted by molar-refractivity contribution is 0.138. The monoisotopic (exact) mass is 364 g/mol. The fraction of sp³-hybridized carbons (Fsp3) is 0.538. The summed E-state index contributed by atoms with van der Waals surface area (Å²) in [7, 11) is -0.0906. The van der Waals surface area contributed by atoms with Gasteiger partial charge in [-0.05, 0) is 47.6 Å². The topological polar surface area (TPSA) is 58.6 Å². The third kappa shape index (κ3) is 4.53. The number of likely N-dealkylation sites (N-methyl/N-ethyl adjacent to an activating group) is 1. The second kappa shape index (κ2) is 8.09. The first-order chi connectivity index (χ1) is 9.43. The van der Waals surface area contributed by atoms with Crippen LogP contribution in [0.2, 0.25) is 0 Å². The van der Waals surface area contributed by atoms with E-state index in [2.05, 4.69) is 21.2 Å². The Labute approximate surface area is 129 Å². The van der Waals surface area contributed by atoms with Crippen molar-refractivity contribution in [3.05, 3.63) is 28.2 Å². The van der Waals surface area contributed by atoms with Gasteiger partial charge in [-0.25, -0.2) is 8.42 Å². The van der Waals surface area contributed by atoms with Crippen molar-refractivity contribution in [3.63, 3.8) is 0 Å². The number of nitrogens with zero attached hydrogens (tertiary/aromatic N) is 1. The van der Waals surface area contributed by atoms with Gasteiger partial charge in [-0.15, -0.1) is 0 Å². The second-order valence-corrected chi connectivity index (χ2v) is 7.19. The molecule has 7 heteroatoms. The summed E-state index contributed by atoms with van der Waals surface area (Å²) in [4.78, 5) is 0.274. The SMILES string of the molecule is CCOCCN(C)S(=O)(=O)c1ccc(CNC)cc1Br. The van der Waals surface area contributed by atoms with Crippen LogP contribution in [0.25, 0.3) is 0 Å². The van der Waals surface area contributed by atoms with Crippen LogP contribution in [0.1, 0.15) is 12.5 Å². The van der Waals surface area contributed by atoms with Gasteiger partial charge in [0.1, 0.15) is 0 Å². The van der Waals surface area contributed by atoms with Crippen molar-refractivity contribution in [1.82, 2.24) is 9.62 Å². The molecule has 0 unspecified atom stereocenters. The number of halogens is 1. The molecular weight excluding hydrogens is 344 g/mol. The highest BCUT2D eigenvalue weighted by molar-refractivity contribution is 9.10. The molecule has 0 radical (unpaired) electrons.